The third-order valence-electron chi connectivity index (χ3n) is 3.54. The normalized spacial score (nSPS) is 16.6. The van der Waals surface area contributed by atoms with Crippen LogP contribution in [-0.2, 0) is 20.6 Å². The number of piperidine rings is 1. The third-order valence-corrected chi connectivity index (χ3v) is 4.27. The molecular weight excluding hydrogens is 290 g/mol. The standard InChI is InChI=1S/C14H21N3O3S/c15-21(19,20)10-12-1-3-13(4-2-12)17-14(18)9-11-5-7-16-8-6-11/h1-4,11,16H,5-10H2,(H,17,18)(H2,15,19,20). The van der Waals surface area contributed by atoms with E-state index in [0.717, 1.165) is 25.9 Å². The number of anilines is 1. The molecule has 0 bridgehead atoms. The van der Waals surface area contributed by atoms with Crippen LogP contribution in [0.2, 0.25) is 0 Å². The molecule has 116 valence electrons. The summed E-state index contributed by atoms with van der Waals surface area (Å²) in [5.74, 6) is 0.241. The monoisotopic (exact) mass is 311 g/mol. The molecule has 1 heterocycles. The summed E-state index contributed by atoms with van der Waals surface area (Å²) in [6.07, 6.45) is 2.59. The fraction of sp³-hybridized carbons (Fsp3) is 0.500. The molecular formula is C14H21N3O3S. The van der Waals surface area contributed by atoms with E-state index in [1.807, 2.05) is 0 Å². The van der Waals surface area contributed by atoms with E-state index in [2.05, 4.69) is 10.6 Å². The van der Waals surface area contributed by atoms with Crippen LogP contribution in [0.4, 0.5) is 5.69 Å². The summed E-state index contributed by atoms with van der Waals surface area (Å²) >= 11 is 0. The Morgan fingerprint density at radius 3 is 2.43 bits per heavy atom. The topological polar surface area (TPSA) is 101 Å². The minimum absolute atomic E-state index is 0.00102. The summed E-state index contributed by atoms with van der Waals surface area (Å²) in [7, 11) is -3.53. The molecule has 7 heteroatoms. The Morgan fingerprint density at radius 2 is 1.86 bits per heavy atom. The smallest absolute Gasteiger partial charge is 0.224 e. The molecule has 0 atom stereocenters. The van der Waals surface area contributed by atoms with E-state index >= 15 is 0 Å². The molecule has 1 amide bonds. The van der Waals surface area contributed by atoms with Crippen molar-refractivity contribution in [2.24, 2.45) is 11.1 Å². The van der Waals surface area contributed by atoms with Gasteiger partial charge < -0.3 is 10.6 Å². The van der Waals surface area contributed by atoms with Gasteiger partial charge in [0, 0.05) is 12.1 Å². The van der Waals surface area contributed by atoms with E-state index in [0.29, 0.717) is 23.6 Å². The van der Waals surface area contributed by atoms with Gasteiger partial charge in [-0.3, -0.25) is 4.79 Å². The lowest BCUT2D eigenvalue weighted by Gasteiger charge is -2.21. The number of amides is 1. The predicted molar refractivity (Wildman–Crippen MR) is 82.1 cm³/mol. The zero-order valence-corrected chi connectivity index (χ0v) is 12.7. The zero-order chi connectivity index (χ0) is 15.3. The number of hydrogen-bond acceptors (Lipinski definition) is 4. The lowest BCUT2D eigenvalue weighted by molar-refractivity contribution is -0.117. The van der Waals surface area contributed by atoms with Crippen molar-refractivity contribution in [1.29, 1.82) is 0 Å². The zero-order valence-electron chi connectivity index (χ0n) is 11.8. The molecule has 1 aliphatic rings. The number of benzene rings is 1. The van der Waals surface area contributed by atoms with Gasteiger partial charge in [-0.15, -0.1) is 0 Å². The van der Waals surface area contributed by atoms with Gasteiger partial charge in [-0.1, -0.05) is 12.1 Å². The number of hydrogen-bond donors (Lipinski definition) is 3. The highest BCUT2D eigenvalue weighted by atomic mass is 32.2. The number of nitrogens with two attached hydrogens (primary N) is 1. The number of rotatable bonds is 5. The molecule has 21 heavy (non-hydrogen) atoms. The van der Waals surface area contributed by atoms with Crippen LogP contribution in [0.3, 0.4) is 0 Å². The average molecular weight is 311 g/mol. The summed E-state index contributed by atoms with van der Waals surface area (Å²) in [6, 6.07) is 6.71. The summed E-state index contributed by atoms with van der Waals surface area (Å²) < 4.78 is 22.0. The molecule has 1 aromatic rings. The molecule has 1 saturated heterocycles. The Balaban J connectivity index is 1.86. The van der Waals surface area contributed by atoms with Crippen LogP contribution in [0.25, 0.3) is 0 Å². The first-order valence-electron chi connectivity index (χ1n) is 7.02. The Bertz CT molecular complexity index is 578. The van der Waals surface area contributed by atoms with Gasteiger partial charge in [0.05, 0.1) is 5.75 Å². The molecule has 0 radical (unpaired) electrons. The van der Waals surface area contributed by atoms with Gasteiger partial charge in [0.2, 0.25) is 15.9 Å². The van der Waals surface area contributed by atoms with Crippen LogP contribution in [0, 0.1) is 5.92 Å². The number of sulfonamides is 1. The SMILES string of the molecule is NS(=O)(=O)Cc1ccc(NC(=O)CC2CCNCC2)cc1. The maximum atomic E-state index is 11.9. The highest BCUT2D eigenvalue weighted by Gasteiger charge is 2.16. The molecule has 0 aliphatic carbocycles. The van der Waals surface area contributed by atoms with Crippen molar-refractivity contribution in [1.82, 2.24) is 5.32 Å². The van der Waals surface area contributed by atoms with Gasteiger partial charge in [-0.25, -0.2) is 13.6 Å². The van der Waals surface area contributed by atoms with Crippen LogP contribution < -0.4 is 15.8 Å². The molecule has 1 aliphatic heterocycles. The van der Waals surface area contributed by atoms with E-state index in [-0.39, 0.29) is 11.7 Å². The first kappa shape index (κ1) is 15.9. The molecule has 1 fully saturated rings. The number of carbonyl (C=O) groups is 1. The first-order chi connectivity index (χ1) is 9.92. The molecule has 0 unspecified atom stereocenters. The van der Waals surface area contributed by atoms with Crippen molar-refractivity contribution in [2.75, 3.05) is 18.4 Å². The quantitative estimate of drug-likeness (QED) is 0.748. The molecule has 4 N–H and O–H groups in total. The summed E-state index contributed by atoms with van der Waals surface area (Å²) in [5.41, 5.74) is 1.28. The van der Waals surface area contributed by atoms with Crippen LogP contribution in [-0.4, -0.2) is 27.4 Å². The van der Waals surface area contributed by atoms with Crippen molar-refractivity contribution < 1.29 is 13.2 Å². The second-order valence-electron chi connectivity index (χ2n) is 5.45. The fourth-order valence-corrected chi connectivity index (χ4v) is 3.13. The second kappa shape index (κ2) is 7.02. The van der Waals surface area contributed by atoms with Gasteiger partial charge >= 0.3 is 0 Å². The molecule has 0 spiro atoms. The maximum Gasteiger partial charge on any atom is 0.224 e. The van der Waals surface area contributed by atoms with Crippen molar-refractivity contribution in [3.8, 4) is 0 Å². The van der Waals surface area contributed by atoms with Gasteiger partial charge in [0.1, 0.15) is 0 Å². The van der Waals surface area contributed by atoms with E-state index in [1.54, 1.807) is 24.3 Å². The predicted octanol–water partition coefficient (Wildman–Crippen LogP) is 0.803. The van der Waals surface area contributed by atoms with E-state index < -0.39 is 10.0 Å². The molecule has 0 saturated carbocycles. The largest absolute Gasteiger partial charge is 0.326 e. The van der Waals surface area contributed by atoms with Crippen LogP contribution in [0.1, 0.15) is 24.8 Å². The van der Waals surface area contributed by atoms with Crippen LogP contribution in [0.15, 0.2) is 24.3 Å². The Kier molecular flexibility index (Phi) is 5.33. The summed E-state index contributed by atoms with van der Waals surface area (Å²) in [4.78, 5) is 11.9. The minimum atomic E-state index is -3.53. The minimum Gasteiger partial charge on any atom is -0.326 e. The van der Waals surface area contributed by atoms with E-state index in [4.69, 9.17) is 5.14 Å². The summed E-state index contributed by atoms with van der Waals surface area (Å²) in [5, 5.41) is 11.1. The van der Waals surface area contributed by atoms with Crippen LogP contribution >= 0.6 is 0 Å². The Morgan fingerprint density at radius 1 is 1.24 bits per heavy atom. The van der Waals surface area contributed by atoms with Gasteiger partial charge in [-0.05, 0) is 49.5 Å². The number of primary sulfonamides is 1. The maximum absolute atomic E-state index is 11.9. The summed E-state index contributed by atoms with van der Waals surface area (Å²) in [6.45, 7) is 1.94. The van der Waals surface area contributed by atoms with Gasteiger partial charge in [0.25, 0.3) is 0 Å². The van der Waals surface area contributed by atoms with Crippen molar-refractivity contribution in [3.05, 3.63) is 29.8 Å². The third kappa shape index (κ3) is 5.82. The fourth-order valence-electron chi connectivity index (χ4n) is 2.48. The molecule has 1 aromatic carbocycles. The lowest BCUT2D eigenvalue weighted by Crippen LogP contribution is -2.30. The Hall–Kier alpha value is -1.44. The average Bonchev–Trinajstić information content (AvgIpc) is 2.40. The first-order valence-corrected chi connectivity index (χ1v) is 8.74. The van der Waals surface area contributed by atoms with Crippen molar-refractivity contribution in [3.63, 3.8) is 0 Å². The van der Waals surface area contributed by atoms with Crippen LogP contribution in [0.5, 0.6) is 0 Å². The molecule has 6 nitrogen and oxygen atoms in total. The second-order valence-corrected chi connectivity index (χ2v) is 7.06. The van der Waals surface area contributed by atoms with Gasteiger partial charge in [-0.2, -0.15) is 0 Å². The number of carbonyl (C=O) groups excluding carboxylic acids is 1. The Labute approximate surface area is 125 Å². The van der Waals surface area contributed by atoms with Gasteiger partial charge in [0.15, 0.2) is 0 Å². The molecule has 0 aromatic heterocycles. The highest BCUT2D eigenvalue weighted by Crippen LogP contribution is 2.17. The molecule has 2 rings (SSSR count). The van der Waals surface area contributed by atoms with Crippen molar-refractivity contribution >= 4 is 21.6 Å². The lowest BCUT2D eigenvalue weighted by atomic mass is 9.94. The van der Waals surface area contributed by atoms with E-state index in [1.165, 1.54) is 0 Å². The van der Waals surface area contributed by atoms with E-state index in [9.17, 15) is 13.2 Å². The number of nitrogens with one attached hydrogen (secondary N) is 2. The highest BCUT2D eigenvalue weighted by molar-refractivity contribution is 7.88. The van der Waals surface area contributed by atoms with Crippen molar-refractivity contribution in [2.45, 2.75) is 25.0 Å².